The molecule has 2 aromatic rings. The van der Waals surface area contributed by atoms with E-state index < -0.39 is 11.9 Å². The summed E-state index contributed by atoms with van der Waals surface area (Å²) in [5.41, 5.74) is 2.20. The van der Waals surface area contributed by atoms with Crippen LogP contribution in [0.2, 0.25) is 0 Å². The molecule has 0 saturated heterocycles. The Kier molecular flexibility index (Phi) is 3.09. The van der Waals surface area contributed by atoms with Crippen LogP contribution in [0.3, 0.4) is 0 Å². The first-order valence-electron chi connectivity index (χ1n) is 5.23. The number of carbonyl (C=O) groups is 2. The molecule has 0 fully saturated rings. The number of nitrogens with zero attached hydrogens (tertiary/aromatic N) is 1. The summed E-state index contributed by atoms with van der Waals surface area (Å²) in [5, 5.41) is 11.0. The lowest BCUT2D eigenvalue weighted by Gasteiger charge is -2.01. The molecule has 92 valence electrons. The van der Waals surface area contributed by atoms with Gasteiger partial charge in [-0.2, -0.15) is 0 Å². The van der Waals surface area contributed by atoms with Crippen LogP contribution in [0.15, 0.2) is 30.4 Å². The van der Waals surface area contributed by atoms with Gasteiger partial charge in [-0.3, -0.25) is 4.79 Å². The molecule has 1 aromatic heterocycles. The molecular weight excluding hydrogens is 234 g/mol. The lowest BCUT2D eigenvalue weighted by Crippen LogP contribution is -2.08. The van der Waals surface area contributed by atoms with Crippen molar-refractivity contribution in [2.45, 2.75) is 6.92 Å². The van der Waals surface area contributed by atoms with E-state index in [9.17, 15) is 9.59 Å². The maximum Gasteiger partial charge on any atom is 0.328 e. The van der Waals surface area contributed by atoms with Gasteiger partial charge in [-0.05, 0) is 25.1 Å². The number of aromatic nitrogens is 2. The van der Waals surface area contributed by atoms with Crippen LogP contribution in [0.4, 0.5) is 5.69 Å². The van der Waals surface area contributed by atoms with Crippen LogP contribution >= 0.6 is 0 Å². The predicted molar refractivity (Wildman–Crippen MR) is 66.2 cm³/mol. The van der Waals surface area contributed by atoms with Crippen LogP contribution in [0, 0.1) is 6.92 Å². The standard InChI is InChI=1S/C12H11N3O3/c1-7-13-9-3-2-8(6-10(9)14-7)15-11(16)4-5-12(17)18/h2-6H,1H3,(H,13,14)(H,15,16)(H,17,18)/b5-4+. The summed E-state index contributed by atoms with van der Waals surface area (Å²) in [7, 11) is 0. The number of carboxylic acids is 1. The number of amides is 1. The Hall–Kier alpha value is -2.63. The van der Waals surface area contributed by atoms with Crippen LogP contribution in [0.5, 0.6) is 0 Å². The molecule has 0 saturated carbocycles. The smallest absolute Gasteiger partial charge is 0.328 e. The number of aromatic amines is 1. The van der Waals surface area contributed by atoms with E-state index in [-0.39, 0.29) is 0 Å². The van der Waals surface area contributed by atoms with Gasteiger partial charge in [0.15, 0.2) is 0 Å². The van der Waals surface area contributed by atoms with Crippen LogP contribution in [0.1, 0.15) is 5.82 Å². The molecule has 0 atom stereocenters. The fourth-order valence-corrected chi connectivity index (χ4v) is 1.55. The number of aryl methyl sites for hydroxylation is 1. The van der Waals surface area contributed by atoms with Gasteiger partial charge in [-0.15, -0.1) is 0 Å². The third-order valence-corrected chi connectivity index (χ3v) is 2.25. The lowest BCUT2D eigenvalue weighted by molar-refractivity contribution is -0.131. The Morgan fingerprint density at radius 3 is 2.89 bits per heavy atom. The van der Waals surface area contributed by atoms with E-state index in [0.717, 1.165) is 29.0 Å². The number of benzene rings is 1. The van der Waals surface area contributed by atoms with E-state index in [1.807, 2.05) is 6.92 Å². The van der Waals surface area contributed by atoms with Crippen LogP contribution in [-0.2, 0) is 9.59 Å². The van der Waals surface area contributed by atoms with Crippen molar-refractivity contribution in [3.63, 3.8) is 0 Å². The highest BCUT2D eigenvalue weighted by atomic mass is 16.4. The van der Waals surface area contributed by atoms with E-state index in [1.165, 1.54) is 0 Å². The second kappa shape index (κ2) is 4.70. The van der Waals surface area contributed by atoms with Crippen molar-refractivity contribution in [3.05, 3.63) is 36.2 Å². The number of H-pyrrole nitrogens is 1. The molecule has 2 rings (SSSR count). The molecule has 0 radical (unpaired) electrons. The number of hydrogen-bond acceptors (Lipinski definition) is 3. The van der Waals surface area contributed by atoms with E-state index in [0.29, 0.717) is 5.69 Å². The molecule has 0 bridgehead atoms. The summed E-state index contributed by atoms with van der Waals surface area (Å²) in [4.78, 5) is 28.9. The Morgan fingerprint density at radius 1 is 1.39 bits per heavy atom. The fraction of sp³-hybridized carbons (Fsp3) is 0.0833. The average molecular weight is 245 g/mol. The van der Waals surface area contributed by atoms with Gasteiger partial charge in [-0.25, -0.2) is 9.78 Å². The molecule has 0 aliphatic carbocycles. The molecule has 1 amide bonds. The maximum absolute atomic E-state index is 11.4. The van der Waals surface area contributed by atoms with Crippen molar-refractivity contribution < 1.29 is 14.7 Å². The number of rotatable bonds is 3. The molecule has 18 heavy (non-hydrogen) atoms. The molecule has 6 nitrogen and oxygen atoms in total. The molecule has 1 aromatic carbocycles. The van der Waals surface area contributed by atoms with Crippen molar-refractivity contribution in [2.75, 3.05) is 5.32 Å². The monoisotopic (exact) mass is 245 g/mol. The first-order valence-corrected chi connectivity index (χ1v) is 5.23. The van der Waals surface area contributed by atoms with Gasteiger partial charge < -0.3 is 15.4 Å². The highest BCUT2D eigenvalue weighted by Gasteiger charge is 2.03. The number of anilines is 1. The van der Waals surface area contributed by atoms with Gasteiger partial charge >= 0.3 is 5.97 Å². The minimum atomic E-state index is -1.16. The van der Waals surface area contributed by atoms with Gasteiger partial charge in [0, 0.05) is 17.8 Å². The normalized spacial score (nSPS) is 10.9. The van der Waals surface area contributed by atoms with Crippen LogP contribution < -0.4 is 5.32 Å². The molecule has 3 N–H and O–H groups in total. The summed E-state index contributed by atoms with van der Waals surface area (Å²) >= 11 is 0. The first-order chi connectivity index (χ1) is 8.54. The second-order valence-electron chi connectivity index (χ2n) is 3.71. The largest absolute Gasteiger partial charge is 0.478 e. The number of aliphatic carboxylic acids is 1. The minimum Gasteiger partial charge on any atom is -0.478 e. The number of carbonyl (C=O) groups excluding carboxylic acids is 1. The summed E-state index contributed by atoms with van der Waals surface area (Å²) in [6.07, 6.45) is 1.75. The Balaban J connectivity index is 2.16. The molecular formula is C12H11N3O3. The Morgan fingerprint density at radius 2 is 2.17 bits per heavy atom. The van der Waals surface area contributed by atoms with Crippen molar-refractivity contribution in [1.29, 1.82) is 0 Å². The zero-order valence-electron chi connectivity index (χ0n) is 9.60. The van der Waals surface area contributed by atoms with Crippen LogP contribution in [-0.4, -0.2) is 27.0 Å². The summed E-state index contributed by atoms with van der Waals surface area (Å²) < 4.78 is 0. The van der Waals surface area contributed by atoms with Gasteiger partial charge in [0.25, 0.3) is 0 Å². The van der Waals surface area contributed by atoms with Crippen molar-refractivity contribution in [2.24, 2.45) is 0 Å². The zero-order chi connectivity index (χ0) is 13.1. The molecule has 0 aliphatic heterocycles. The zero-order valence-corrected chi connectivity index (χ0v) is 9.60. The van der Waals surface area contributed by atoms with E-state index >= 15 is 0 Å². The third-order valence-electron chi connectivity index (χ3n) is 2.25. The van der Waals surface area contributed by atoms with Gasteiger partial charge in [-0.1, -0.05) is 0 Å². The molecule has 1 heterocycles. The minimum absolute atomic E-state index is 0.493. The number of imidazole rings is 1. The van der Waals surface area contributed by atoms with Crippen LogP contribution in [0.25, 0.3) is 11.0 Å². The first kappa shape index (κ1) is 11.8. The Bertz CT molecular complexity index is 643. The highest BCUT2D eigenvalue weighted by molar-refractivity contribution is 6.03. The topological polar surface area (TPSA) is 95.1 Å². The number of fused-ring (bicyclic) bond motifs is 1. The van der Waals surface area contributed by atoms with Crippen molar-refractivity contribution in [3.8, 4) is 0 Å². The molecule has 6 heteroatoms. The summed E-state index contributed by atoms with van der Waals surface area (Å²) in [6, 6.07) is 5.21. The van der Waals surface area contributed by atoms with Crippen molar-refractivity contribution >= 4 is 28.6 Å². The number of carboxylic acid groups (broad SMARTS) is 1. The SMILES string of the molecule is Cc1nc2ccc(NC(=O)/C=C/C(=O)O)cc2[nH]1. The fourth-order valence-electron chi connectivity index (χ4n) is 1.55. The molecule has 0 aliphatic rings. The highest BCUT2D eigenvalue weighted by Crippen LogP contribution is 2.16. The number of nitrogens with one attached hydrogen (secondary N) is 2. The Labute approximate surface area is 102 Å². The third kappa shape index (κ3) is 2.73. The summed E-state index contributed by atoms with van der Waals surface area (Å²) in [6.45, 7) is 1.84. The van der Waals surface area contributed by atoms with E-state index in [1.54, 1.807) is 18.2 Å². The van der Waals surface area contributed by atoms with Gasteiger partial charge in [0.05, 0.1) is 11.0 Å². The summed E-state index contributed by atoms with van der Waals surface area (Å²) in [5.74, 6) is -0.864. The molecule has 0 spiro atoms. The average Bonchev–Trinajstić information content (AvgIpc) is 2.66. The maximum atomic E-state index is 11.4. The van der Waals surface area contributed by atoms with E-state index in [4.69, 9.17) is 5.11 Å². The number of hydrogen-bond donors (Lipinski definition) is 3. The van der Waals surface area contributed by atoms with Gasteiger partial charge in [0.2, 0.25) is 5.91 Å². The second-order valence-corrected chi connectivity index (χ2v) is 3.71. The van der Waals surface area contributed by atoms with Gasteiger partial charge in [0.1, 0.15) is 5.82 Å². The quantitative estimate of drug-likeness (QED) is 0.713. The lowest BCUT2D eigenvalue weighted by atomic mass is 10.2. The van der Waals surface area contributed by atoms with E-state index in [2.05, 4.69) is 15.3 Å². The predicted octanol–water partition coefficient (Wildman–Crippen LogP) is 1.45. The molecule has 0 unspecified atom stereocenters. The van der Waals surface area contributed by atoms with Crippen molar-refractivity contribution in [1.82, 2.24) is 9.97 Å².